The van der Waals surface area contributed by atoms with Gasteiger partial charge in [0.2, 0.25) is 0 Å². The molecule has 0 aromatic heterocycles. The van der Waals surface area contributed by atoms with Gasteiger partial charge in [-0.3, -0.25) is 0 Å². The Kier molecular flexibility index (Phi) is 5.37. The van der Waals surface area contributed by atoms with Gasteiger partial charge in [0.15, 0.2) is 0 Å². The van der Waals surface area contributed by atoms with E-state index in [9.17, 15) is 0 Å². The second kappa shape index (κ2) is 5.65. The summed E-state index contributed by atoms with van der Waals surface area (Å²) in [4.78, 5) is 0. The van der Waals surface area contributed by atoms with E-state index in [4.69, 9.17) is 6.42 Å². The monoisotopic (exact) mass is 112 g/mol. The molecule has 7 heavy (non-hydrogen) atoms. The maximum Gasteiger partial charge on any atom is 0.0547 e. The molecule has 0 aromatic carbocycles. The van der Waals surface area contributed by atoms with E-state index in [0.717, 1.165) is 11.5 Å². The van der Waals surface area contributed by atoms with Crippen LogP contribution >= 0.6 is 11.8 Å². The zero-order chi connectivity index (χ0) is 5.54. The minimum atomic E-state index is 0.798. The molecule has 0 aliphatic rings. The lowest BCUT2D eigenvalue weighted by Gasteiger charge is -1.83. The summed E-state index contributed by atoms with van der Waals surface area (Å²) in [7, 11) is 0. The van der Waals surface area contributed by atoms with Crippen molar-refractivity contribution in [3.05, 3.63) is 12.7 Å². The summed E-state index contributed by atoms with van der Waals surface area (Å²) < 4.78 is 0. The van der Waals surface area contributed by atoms with Crippen molar-refractivity contribution in [2.75, 3.05) is 11.5 Å². The average Bonchev–Trinajstić information content (AvgIpc) is 1.69. The Morgan fingerprint density at radius 2 is 2.57 bits per heavy atom. The third-order valence-electron chi connectivity index (χ3n) is 0.421. The van der Waals surface area contributed by atoms with Crippen molar-refractivity contribution in [1.82, 2.24) is 0 Å². The van der Waals surface area contributed by atoms with Gasteiger partial charge in [-0.05, 0) is 0 Å². The highest BCUT2D eigenvalue weighted by Gasteiger charge is 1.73. The van der Waals surface area contributed by atoms with E-state index < -0.39 is 0 Å². The Morgan fingerprint density at radius 3 is 3.00 bits per heavy atom. The van der Waals surface area contributed by atoms with E-state index in [1.54, 1.807) is 11.8 Å². The van der Waals surface area contributed by atoms with Crippen LogP contribution in [0.1, 0.15) is 0 Å². The molecule has 0 nitrogen and oxygen atoms in total. The van der Waals surface area contributed by atoms with Gasteiger partial charge in [-0.2, -0.15) is 0 Å². The third-order valence-corrected chi connectivity index (χ3v) is 1.26. The Labute approximate surface area is 49.0 Å². The fraction of sp³-hybridized carbons (Fsp3) is 0.333. The first kappa shape index (κ1) is 6.65. The zero-order valence-corrected chi connectivity index (χ0v) is 5.00. The van der Waals surface area contributed by atoms with Gasteiger partial charge in [-0.1, -0.05) is 12.0 Å². The predicted molar refractivity (Wildman–Crippen MR) is 36.4 cm³/mol. The van der Waals surface area contributed by atoms with Crippen LogP contribution in [-0.4, -0.2) is 11.5 Å². The molecule has 0 atom stereocenters. The molecule has 0 radical (unpaired) electrons. The highest BCUT2D eigenvalue weighted by atomic mass is 32.2. The molecular weight excluding hydrogens is 104 g/mol. The van der Waals surface area contributed by atoms with E-state index >= 15 is 0 Å². The van der Waals surface area contributed by atoms with Gasteiger partial charge >= 0.3 is 0 Å². The van der Waals surface area contributed by atoms with Crippen LogP contribution in [0.3, 0.4) is 0 Å². The molecule has 0 aliphatic carbocycles. The number of hydrogen-bond donors (Lipinski definition) is 0. The average molecular weight is 112 g/mol. The lowest BCUT2D eigenvalue weighted by molar-refractivity contribution is 1.78. The number of terminal acetylenes is 1. The van der Waals surface area contributed by atoms with Crippen molar-refractivity contribution in [3.63, 3.8) is 0 Å². The minimum absolute atomic E-state index is 0.798. The molecule has 0 saturated heterocycles. The molecule has 0 spiro atoms. The number of thioether (sulfide) groups is 1. The molecule has 0 unspecified atom stereocenters. The van der Waals surface area contributed by atoms with E-state index in [1.165, 1.54) is 0 Å². The van der Waals surface area contributed by atoms with Crippen LogP contribution in [0.25, 0.3) is 0 Å². The maximum atomic E-state index is 4.96. The Morgan fingerprint density at radius 1 is 1.86 bits per heavy atom. The summed E-state index contributed by atoms with van der Waals surface area (Å²) in [5.41, 5.74) is 0. The predicted octanol–water partition coefficient (Wildman–Crippen LogP) is 1.54. The Hall–Kier alpha value is -0.350. The van der Waals surface area contributed by atoms with Crippen molar-refractivity contribution in [2.45, 2.75) is 0 Å². The molecule has 0 N–H and O–H groups in total. The molecule has 0 aromatic rings. The van der Waals surface area contributed by atoms with Crippen molar-refractivity contribution in [1.29, 1.82) is 0 Å². The van der Waals surface area contributed by atoms with Crippen LogP contribution < -0.4 is 0 Å². The fourth-order valence-corrected chi connectivity index (χ4v) is 0.604. The maximum absolute atomic E-state index is 4.96. The van der Waals surface area contributed by atoms with Gasteiger partial charge < -0.3 is 0 Å². The van der Waals surface area contributed by atoms with Gasteiger partial charge in [-0.15, -0.1) is 24.8 Å². The van der Waals surface area contributed by atoms with Crippen molar-refractivity contribution in [2.24, 2.45) is 0 Å². The van der Waals surface area contributed by atoms with E-state index in [2.05, 4.69) is 12.5 Å². The highest BCUT2D eigenvalue weighted by Crippen LogP contribution is 1.95. The van der Waals surface area contributed by atoms with E-state index in [1.807, 2.05) is 6.08 Å². The molecule has 0 amide bonds. The smallest absolute Gasteiger partial charge is 0.0547 e. The van der Waals surface area contributed by atoms with Crippen molar-refractivity contribution < 1.29 is 0 Å². The van der Waals surface area contributed by atoms with E-state index in [-0.39, 0.29) is 0 Å². The van der Waals surface area contributed by atoms with Crippen molar-refractivity contribution >= 4 is 11.8 Å². The van der Waals surface area contributed by atoms with E-state index in [0.29, 0.717) is 0 Å². The molecule has 0 rings (SSSR count). The second-order valence-corrected chi connectivity index (χ2v) is 2.04. The molecule has 0 fully saturated rings. The number of hydrogen-bond acceptors (Lipinski definition) is 1. The minimum Gasteiger partial charge on any atom is -0.145 e. The van der Waals surface area contributed by atoms with Gasteiger partial charge in [0.1, 0.15) is 0 Å². The molecule has 0 bridgehead atoms. The number of rotatable bonds is 3. The second-order valence-electron chi connectivity index (χ2n) is 1.01. The van der Waals surface area contributed by atoms with Gasteiger partial charge in [0.25, 0.3) is 0 Å². The summed E-state index contributed by atoms with van der Waals surface area (Å²) in [5.74, 6) is 4.28. The Bertz CT molecular complexity index is 78.7. The summed E-state index contributed by atoms with van der Waals surface area (Å²) in [6.45, 7) is 3.54. The molecular formula is C6H8S. The standard InChI is InChI=1S/C6H8S/c1-3-5-7-6-4-2/h1,4H,2,5-6H2. The van der Waals surface area contributed by atoms with Crippen LogP contribution in [0, 0.1) is 12.3 Å². The Balaban J connectivity index is 2.72. The lowest BCUT2D eigenvalue weighted by atomic mass is 10.8. The normalized spacial score (nSPS) is 7.29. The summed E-state index contributed by atoms with van der Waals surface area (Å²) in [5, 5.41) is 0. The lowest BCUT2D eigenvalue weighted by Crippen LogP contribution is -1.70. The first-order valence-corrected chi connectivity index (χ1v) is 3.19. The van der Waals surface area contributed by atoms with Crippen LogP contribution in [0.15, 0.2) is 12.7 Å². The SMILES string of the molecule is C#CCSCC=C. The summed E-state index contributed by atoms with van der Waals surface area (Å²) in [6, 6.07) is 0. The summed E-state index contributed by atoms with van der Waals surface area (Å²) >= 11 is 1.70. The molecule has 1 heteroatoms. The van der Waals surface area contributed by atoms with Crippen LogP contribution in [0.4, 0.5) is 0 Å². The highest BCUT2D eigenvalue weighted by molar-refractivity contribution is 7.99. The third kappa shape index (κ3) is 5.65. The first-order valence-electron chi connectivity index (χ1n) is 2.04. The topological polar surface area (TPSA) is 0 Å². The van der Waals surface area contributed by atoms with Crippen LogP contribution in [0.2, 0.25) is 0 Å². The summed E-state index contributed by atoms with van der Waals surface area (Å²) in [6.07, 6.45) is 6.81. The van der Waals surface area contributed by atoms with Crippen LogP contribution in [-0.2, 0) is 0 Å². The quantitative estimate of drug-likeness (QED) is 0.303. The molecule has 38 valence electrons. The fourth-order valence-electron chi connectivity index (χ4n) is 0.201. The molecule has 0 saturated carbocycles. The largest absolute Gasteiger partial charge is 0.145 e. The first-order chi connectivity index (χ1) is 3.41. The van der Waals surface area contributed by atoms with Gasteiger partial charge in [0, 0.05) is 5.75 Å². The van der Waals surface area contributed by atoms with Gasteiger partial charge in [-0.25, -0.2) is 0 Å². The zero-order valence-electron chi connectivity index (χ0n) is 4.18. The molecule has 0 heterocycles. The van der Waals surface area contributed by atoms with Crippen molar-refractivity contribution in [3.8, 4) is 12.3 Å². The molecule has 0 aliphatic heterocycles. The van der Waals surface area contributed by atoms with Gasteiger partial charge in [0.05, 0.1) is 5.75 Å². The van der Waals surface area contributed by atoms with Crippen LogP contribution in [0.5, 0.6) is 0 Å².